The van der Waals surface area contributed by atoms with Gasteiger partial charge < -0.3 is 20.5 Å². The number of nitrogen functional groups attached to an aromatic ring is 1. The molecule has 1 aromatic rings. The average molecular weight is 276 g/mol. The average Bonchev–Trinajstić information content (AvgIpc) is 3.07. The van der Waals surface area contributed by atoms with E-state index in [2.05, 4.69) is 12.2 Å². The molecule has 1 aliphatic heterocycles. The molecule has 0 unspecified atom stereocenters. The van der Waals surface area contributed by atoms with Gasteiger partial charge >= 0.3 is 0 Å². The first-order chi connectivity index (χ1) is 9.64. The summed E-state index contributed by atoms with van der Waals surface area (Å²) in [4.78, 5) is 12.6. The SMILES string of the molecule is CCC1(C(=O)Nc2cc3c(cc2N)OCO3)CCCC1. The second-order valence-electron chi connectivity index (χ2n) is 5.59. The van der Waals surface area contributed by atoms with Crippen molar-refractivity contribution in [1.29, 1.82) is 0 Å². The maximum atomic E-state index is 12.6. The van der Waals surface area contributed by atoms with Gasteiger partial charge in [0.25, 0.3) is 0 Å². The second kappa shape index (κ2) is 4.89. The van der Waals surface area contributed by atoms with E-state index < -0.39 is 0 Å². The molecule has 0 radical (unpaired) electrons. The van der Waals surface area contributed by atoms with Crippen molar-refractivity contribution in [3.8, 4) is 11.5 Å². The Hall–Kier alpha value is -1.91. The number of ether oxygens (including phenoxy) is 2. The molecule has 1 saturated carbocycles. The lowest BCUT2D eigenvalue weighted by molar-refractivity contribution is -0.125. The van der Waals surface area contributed by atoms with E-state index in [9.17, 15) is 4.79 Å². The van der Waals surface area contributed by atoms with Gasteiger partial charge in [-0.3, -0.25) is 4.79 Å². The number of nitrogens with one attached hydrogen (secondary N) is 1. The molecule has 0 bridgehead atoms. The summed E-state index contributed by atoms with van der Waals surface area (Å²) in [6.07, 6.45) is 5.03. The molecule has 108 valence electrons. The monoisotopic (exact) mass is 276 g/mol. The lowest BCUT2D eigenvalue weighted by Gasteiger charge is -2.26. The molecule has 3 N–H and O–H groups in total. The van der Waals surface area contributed by atoms with Crippen molar-refractivity contribution in [2.75, 3.05) is 17.8 Å². The van der Waals surface area contributed by atoms with Crippen molar-refractivity contribution >= 4 is 17.3 Å². The molecule has 1 aromatic carbocycles. The van der Waals surface area contributed by atoms with E-state index in [1.807, 2.05) is 0 Å². The molecule has 2 aliphatic rings. The third kappa shape index (κ3) is 2.07. The number of benzene rings is 1. The van der Waals surface area contributed by atoms with E-state index >= 15 is 0 Å². The molecular formula is C15H20N2O3. The van der Waals surface area contributed by atoms with E-state index in [0.29, 0.717) is 22.9 Å². The van der Waals surface area contributed by atoms with Gasteiger partial charge in [-0.2, -0.15) is 0 Å². The molecule has 5 heteroatoms. The fourth-order valence-electron chi connectivity index (χ4n) is 3.11. The Bertz CT molecular complexity index is 536. The van der Waals surface area contributed by atoms with Crippen LogP contribution >= 0.6 is 0 Å². The van der Waals surface area contributed by atoms with Crippen molar-refractivity contribution < 1.29 is 14.3 Å². The van der Waals surface area contributed by atoms with Gasteiger partial charge in [-0.25, -0.2) is 0 Å². The van der Waals surface area contributed by atoms with Gasteiger partial charge in [0.15, 0.2) is 11.5 Å². The van der Waals surface area contributed by atoms with Crippen LogP contribution in [0.2, 0.25) is 0 Å². The quantitative estimate of drug-likeness (QED) is 0.832. The maximum absolute atomic E-state index is 12.6. The van der Waals surface area contributed by atoms with Crippen LogP contribution in [0.5, 0.6) is 11.5 Å². The van der Waals surface area contributed by atoms with Crippen LogP contribution < -0.4 is 20.5 Å². The Labute approximate surface area is 118 Å². The summed E-state index contributed by atoms with van der Waals surface area (Å²) < 4.78 is 10.6. The predicted octanol–water partition coefficient (Wildman–Crippen LogP) is 2.91. The van der Waals surface area contributed by atoms with Crippen molar-refractivity contribution in [1.82, 2.24) is 0 Å². The van der Waals surface area contributed by atoms with E-state index in [1.165, 1.54) is 0 Å². The van der Waals surface area contributed by atoms with Gasteiger partial charge in [0.2, 0.25) is 12.7 Å². The number of fused-ring (bicyclic) bond motifs is 1. The van der Waals surface area contributed by atoms with Crippen LogP contribution in [0.4, 0.5) is 11.4 Å². The van der Waals surface area contributed by atoms with Crippen molar-refractivity contribution in [3.05, 3.63) is 12.1 Å². The van der Waals surface area contributed by atoms with Crippen LogP contribution in [0.3, 0.4) is 0 Å². The van der Waals surface area contributed by atoms with Gasteiger partial charge in [0.1, 0.15) is 0 Å². The van der Waals surface area contributed by atoms with Gasteiger partial charge in [0, 0.05) is 17.5 Å². The van der Waals surface area contributed by atoms with Crippen LogP contribution in [0.1, 0.15) is 39.0 Å². The zero-order chi connectivity index (χ0) is 14.2. The zero-order valence-corrected chi connectivity index (χ0v) is 11.7. The van der Waals surface area contributed by atoms with Crippen LogP contribution in [0.25, 0.3) is 0 Å². The number of amides is 1. The highest BCUT2D eigenvalue weighted by atomic mass is 16.7. The number of hydrogen-bond acceptors (Lipinski definition) is 4. The third-order valence-corrected chi connectivity index (χ3v) is 4.51. The summed E-state index contributed by atoms with van der Waals surface area (Å²) in [6, 6.07) is 3.44. The molecule has 1 fully saturated rings. The van der Waals surface area contributed by atoms with Crippen LogP contribution in [0.15, 0.2) is 12.1 Å². The summed E-state index contributed by atoms with van der Waals surface area (Å²) in [5.41, 5.74) is 6.86. The largest absolute Gasteiger partial charge is 0.454 e. The highest BCUT2D eigenvalue weighted by Gasteiger charge is 2.39. The summed E-state index contributed by atoms with van der Waals surface area (Å²) in [5, 5.41) is 2.97. The number of carbonyl (C=O) groups is 1. The molecule has 0 spiro atoms. The lowest BCUT2D eigenvalue weighted by Crippen LogP contribution is -2.33. The Balaban J connectivity index is 1.82. The lowest BCUT2D eigenvalue weighted by atomic mass is 9.82. The second-order valence-corrected chi connectivity index (χ2v) is 5.59. The number of hydrogen-bond donors (Lipinski definition) is 2. The number of carbonyl (C=O) groups excluding carboxylic acids is 1. The van der Waals surface area contributed by atoms with Crippen LogP contribution in [0, 0.1) is 5.41 Å². The molecule has 1 heterocycles. The molecule has 0 aromatic heterocycles. The van der Waals surface area contributed by atoms with Gasteiger partial charge in [-0.05, 0) is 19.3 Å². The minimum atomic E-state index is -0.233. The predicted molar refractivity (Wildman–Crippen MR) is 76.8 cm³/mol. The van der Waals surface area contributed by atoms with Gasteiger partial charge in [-0.1, -0.05) is 19.8 Å². The zero-order valence-electron chi connectivity index (χ0n) is 11.7. The molecule has 3 rings (SSSR count). The highest BCUT2D eigenvalue weighted by molar-refractivity contribution is 5.98. The molecule has 5 nitrogen and oxygen atoms in total. The van der Waals surface area contributed by atoms with E-state index in [1.54, 1.807) is 12.1 Å². The van der Waals surface area contributed by atoms with E-state index in [4.69, 9.17) is 15.2 Å². The van der Waals surface area contributed by atoms with Crippen LogP contribution in [-0.2, 0) is 4.79 Å². The molecule has 20 heavy (non-hydrogen) atoms. The Kier molecular flexibility index (Phi) is 3.20. The van der Waals surface area contributed by atoms with E-state index in [0.717, 1.165) is 32.1 Å². The molecular weight excluding hydrogens is 256 g/mol. The summed E-state index contributed by atoms with van der Waals surface area (Å²) in [5.74, 6) is 1.33. The highest BCUT2D eigenvalue weighted by Crippen LogP contribution is 2.43. The summed E-state index contributed by atoms with van der Waals surface area (Å²) >= 11 is 0. The molecule has 1 amide bonds. The summed E-state index contributed by atoms with van der Waals surface area (Å²) in [6.45, 7) is 2.28. The topological polar surface area (TPSA) is 73.6 Å². The smallest absolute Gasteiger partial charge is 0.231 e. The Morgan fingerprint density at radius 2 is 1.95 bits per heavy atom. The molecule has 1 aliphatic carbocycles. The van der Waals surface area contributed by atoms with Crippen LogP contribution in [-0.4, -0.2) is 12.7 Å². The minimum Gasteiger partial charge on any atom is -0.454 e. The number of rotatable bonds is 3. The van der Waals surface area contributed by atoms with Crippen molar-refractivity contribution in [2.24, 2.45) is 5.41 Å². The standard InChI is InChI=1S/C15H20N2O3/c1-2-15(5-3-4-6-15)14(18)17-11-8-13-12(7-10(11)16)19-9-20-13/h7-8H,2-6,9,16H2,1H3,(H,17,18). The van der Waals surface area contributed by atoms with Crippen molar-refractivity contribution in [2.45, 2.75) is 39.0 Å². The fraction of sp³-hybridized carbons (Fsp3) is 0.533. The maximum Gasteiger partial charge on any atom is 0.231 e. The van der Waals surface area contributed by atoms with Gasteiger partial charge in [0.05, 0.1) is 11.4 Å². The number of nitrogens with two attached hydrogens (primary N) is 1. The first-order valence-corrected chi connectivity index (χ1v) is 7.15. The summed E-state index contributed by atoms with van der Waals surface area (Å²) in [7, 11) is 0. The first-order valence-electron chi connectivity index (χ1n) is 7.15. The first kappa shape index (κ1) is 13.1. The normalized spacial score (nSPS) is 19.1. The van der Waals surface area contributed by atoms with Gasteiger partial charge in [-0.15, -0.1) is 0 Å². The Morgan fingerprint density at radius 1 is 1.30 bits per heavy atom. The minimum absolute atomic E-state index is 0.0723. The third-order valence-electron chi connectivity index (χ3n) is 4.51. The van der Waals surface area contributed by atoms with E-state index in [-0.39, 0.29) is 18.1 Å². The fourth-order valence-corrected chi connectivity index (χ4v) is 3.11. The molecule has 0 atom stereocenters. The van der Waals surface area contributed by atoms with Crippen molar-refractivity contribution in [3.63, 3.8) is 0 Å². The Morgan fingerprint density at radius 3 is 2.60 bits per heavy atom. The number of anilines is 2. The molecule has 0 saturated heterocycles.